The number of aliphatic hydroxyl groups is 2. The third-order valence-corrected chi connectivity index (χ3v) is 3.01. The number of β-amino-alcohol motifs (C(OH)–C–C–N with tert-alkyl or cyclic N) is 2. The fraction of sp³-hybridized carbons (Fsp3) is 0.889. The molecule has 15 heavy (non-hydrogen) atoms. The van der Waals surface area contributed by atoms with Crippen LogP contribution in [0.25, 0.3) is 0 Å². The average molecular weight is 216 g/mol. The lowest BCUT2D eigenvalue weighted by molar-refractivity contribution is -0.135. The summed E-state index contributed by atoms with van der Waals surface area (Å²) in [6.45, 7) is 1.10. The van der Waals surface area contributed by atoms with Crippen LogP contribution in [0, 0.1) is 5.92 Å². The number of amides is 1. The van der Waals surface area contributed by atoms with Gasteiger partial charge in [-0.25, -0.2) is 0 Å². The smallest absolute Gasteiger partial charge is 0.229 e. The zero-order valence-corrected chi connectivity index (χ0v) is 8.37. The number of ether oxygens (including phenoxy) is 1. The number of likely N-dealkylation sites (tertiary alicyclic amines) is 1. The number of hydrogen-bond donors (Lipinski definition) is 3. The summed E-state index contributed by atoms with van der Waals surface area (Å²) in [4.78, 5) is 13.3. The summed E-state index contributed by atoms with van der Waals surface area (Å²) < 4.78 is 5.11. The molecule has 4 unspecified atom stereocenters. The Hall–Kier alpha value is -0.690. The van der Waals surface area contributed by atoms with Crippen molar-refractivity contribution in [3.63, 3.8) is 0 Å². The molecule has 0 spiro atoms. The van der Waals surface area contributed by atoms with Crippen molar-refractivity contribution in [1.29, 1.82) is 0 Å². The van der Waals surface area contributed by atoms with Crippen molar-refractivity contribution in [3.8, 4) is 0 Å². The van der Waals surface area contributed by atoms with Gasteiger partial charge in [0.05, 0.1) is 31.3 Å². The number of carbonyl (C=O) groups excluding carboxylic acids is 1. The maximum atomic E-state index is 11.9. The minimum absolute atomic E-state index is 0.129. The summed E-state index contributed by atoms with van der Waals surface area (Å²) in [6.07, 6.45) is -1.68. The van der Waals surface area contributed by atoms with Gasteiger partial charge >= 0.3 is 0 Å². The zero-order valence-electron chi connectivity index (χ0n) is 8.37. The number of nitrogens with zero attached hydrogens (tertiary/aromatic N) is 1. The van der Waals surface area contributed by atoms with E-state index < -0.39 is 12.2 Å². The largest absolute Gasteiger partial charge is 0.388 e. The molecule has 0 aliphatic carbocycles. The van der Waals surface area contributed by atoms with Crippen molar-refractivity contribution >= 4 is 5.91 Å². The highest BCUT2D eigenvalue weighted by Gasteiger charge is 2.39. The van der Waals surface area contributed by atoms with E-state index in [2.05, 4.69) is 0 Å². The van der Waals surface area contributed by atoms with Gasteiger partial charge in [0.15, 0.2) is 0 Å². The second-order valence-electron chi connectivity index (χ2n) is 4.19. The van der Waals surface area contributed by atoms with E-state index in [0.29, 0.717) is 13.2 Å². The monoisotopic (exact) mass is 216 g/mol. The Labute approximate surface area is 87.6 Å². The summed E-state index contributed by atoms with van der Waals surface area (Å²) in [7, 11) is 0. The molecule has 6 heteroatoms. The standard InChI is InChI=1S/C9H16N2O4/c10-6-4-15-3-5(6)9(14)11-1-7(12)8(13)2-11/h5-8,12-13H,1-4,10H2. The van der Waals surface area contributed by atoms with Gasteiger partial charge in [0.25, 0.3) is 0 Å². The number of rotatable bonds is 1. The van der Waals surface area contributed by atoms with Crippen LogP contribution < -0.4 is 5.73 Å². The van der Waals surface area contributed by atoms with Crippen LogP contribution in [-0.2, 0) is 9.53 Å². The maximum Gasteiger partial charge on any atom is 0.229 e. The number of nitrogens with two attached hydrogens (primary N) is 1. The molecule has 2 saturated heterocycles. The fourth-order valence-electron chi connectivity index (χ4n) is 2.01. The van der Waals surface area contributed by atoms with Gasteiger partial charge in [-0.2, -0.15) is 0 Å². The second kappa shape index (κ2) is 4.05. The molecule has 86 valence electrons. The minimum Gasteiger partial charge on any atom is -0.388 e. The van der Waals surface area contributed by atoms with Gasteiger partial charge in [-0.3, -0.25) is 4.79 Å². The van der Waals surface area contributed by atoms with E-state index in [1.165, 1.54) is 4.90 Å². The zero-order chi connectivity index (χ0) is 11.0. The molecule has 0 aromatic carbocycles. The summed E-state index contributed by atoms with van der Waals surface area (Å²) in [5, 5.41) is 18.6. The van der Waals surface area contributed by atoms with Crippen molar-refractivity contribution in [2.75, 3.05) is 26.3 Å². The third kappa shape index (κ3) is 1.98. The first-order valence-corrected chi connectivity index (χ1v) is 5.08. The molecule has 4 atom stereocenters. The van der Waals surface area contributed by atoms with Crippen LogP contribution in [0.15, 0.2) is 0 Å². The molecule has 2 heterocycles. The highest BCUT2D eigenvalue weighted by molar-refractivity contribution is 5.80. The molecule has 2 fully saturated rings. The lowest BCUT2D eigenvalue weighted by Crippen LogP contribution is -2.43. The SMILES string of the molecule is NC1COCC1C(=O)N1CC(O)C(O)C1. The molecule has 0 radical (unpaired) electrons. The van der Waals surface area contributed by atoms with Gasteiger partial charge < -0.3 is 25.6 Å². The Kier molecular flexibility index (Phi) is 2.92. The normalized spacial score (nSPS) is 41.1. The summed E-state index contributed by atoms with van der Waals surface area (Å²) >= 11 is 0. The van der Waals surface area contributed by atoms with E-state index >= 15 is 0 Å². The molecule has 0 aromatic rings. The fourth-order valence-corrected chi connectivity index (χ4v) is 2.01. The first kappa shape index (κ1) is 10.8. The van der Waals surface area contributed by atoms with Crippen molar-refractivity contribution in [3.05, 3.63) is 0 Å². The lowest BCUT2D eigenvalue weighted by atomic mass is 10.0. The molecule has 2 rings (SSSR count). The van der Waals surface area contributed by atoms with Gasteiger partial charge in [0.1, 0.15) is 0 Å². The van der Waals surface area contributed by atoms with Gasteiger partial charge in [0.2, 0.25) is 5.91 Å². The molecule has 4 N–H and O–H groups in total. The van der Waals surface area contributed by atoms with Crippen molar-refractivity contribution in [1.82, 2.24) is 4.90 Å². The van der Waals surface area contributed by atoms with Crippen molar-refractivity contribution in [2.45, 2.75) is 18.2 Å². The Morgan fingerprint density at radius 2 is 1.87 bits per heavy atom. The number of hydrogen-bond acceptors (Lipinski definition) is 5. The predicted molar refractivity (Wildman–Crippen MR) is 50.9 cm³/mol. The highest BCUT2D eigenvalue weighted by atomic mass is 16.5. The molecule has 6 nitrogen and oxygen atoms in total. The summed E-state index contributed by atoms with van der Waals surface area (Å²) in [5.74, 6) is -0.460. The van der Waals surface area contributed by atoms with Crippen LogP contribution >= 0.6 is 0 Å². The number of aliphatic hydroxyl groups excluding tert-OH is 2. The van der Waals surface area contributed by atoms with Crippen LogP contribution in [0.1, 0.15) is 0 Å². The van der Waals surface area contributed by atoms with Crippen molar-refractivity contribution in [2.24, 2.45) is 11.7 Å². The van der Waals surface area contributed by atoms with Gasteiger partial charge in [-0.05, 0) is 0 Å². The van der Waals surface area contributed by atoms with Crippen LogP contribution in [0.4, 0.5) is 0 Å². The quantitative estimate of drug-likeness (QED) is 0.451. The topological polar surface area (TPSA) is 96.0 Å². The minimum atomic E-state index is -0.840. The molecule has 1 amide bonds. The lowest BCUT2D eigenvalue weighted by Gasteiger charge is -2.21. The van der Waals surface area contributed by atoms with E-state index in [1.54, 1.807) is 0 Å². The van der Waals surface area contributed by atoms with Crippen LogP contribution in [0.5, 0.6) is 0 Å². The number of carbonyl (C=O) groups is 1. The third-order valence-electron chi connectivity index (χ3n) is 3.01. The predicted octanol–water partition coefficient (Wildman–Crippen LogP) is -2.48. The van der Waals surface area contributed by atoms with E-state index in [9.17, 15) is 15.0 Å². The molecule has 2 aliphatic rings. The van der Waals surface area contributed by atoms with E-state index in [4.69, 9.17) is 10.5 Å². The molecule has 0 aromatic heterocycles. The van der Waals surface area contributed by atoms with Crippen LogP contribution in [0.2, 0.25) is 0 Å². The summed E-state index contributed by atoms with van der Waals surface area (Å²) in [5.41, 5.74) is 5.72. The maximum absolute atomic E-state index is 11.9. The van der Waals surface area contributed by atoms with E-state index in [1.807, 2.05) is 0 Å². The van der Waals surface area contributed by atoms with Crippen molar-refractivity contribution < 1.29 is 19.7 Å². The van der Waals surface area contributed by atoms with Gasteiger partial charge in [-0.1, -0.05) is 0 Å². The summed E-state index contributed by atoms with van der Waals surface area (Å²) in [6, 6.07) is -0.271. The van der Waals surface area contributed by atoms with Gasteiger partial charge in [-0.15, -0.1) is 0 Å². The molecule has 2 aliphatic heterocycles. The van der Waals surface area contributed by atoms with E-state index in [0.717, 1.165) is 0 Å². The van der Waals surface area contributed by atoms with Gasteiger partial charge in [0, 0.05) is 19.1 Å². The Morgan fingerprint density at radius 1 is 1.27 bits per heavy atom. The second-order valence-corrected chi connectivity index (χ2v) is 4.19. The Morgan fingerprint density at radius 3 is 2.33 bits per heavy atom. The highest BCUT2D eigenvalue weighted by Crippen LogP contribution is 2.19. The van der Waals surface area contributed by atoms with E-state index in [-0.39, 0.29) is 31.0 Å². The average Bonchev–Trinajstić information content (AvgIpc) is 2.74. The van der Waals surface area contributed by atoms with Crippen LogP contribution in [-0.4, -0.2) is 65.6 Å². The molecule has 0 saturated carbocycles. The first-order chi connectivity index (χ1) is 7.09. The Bertz CT molecular complexity index is 250. The first-order valence-electron chi connectivity index (χ1n) is 5.08. The Balaban J connectivity index is 1.97. The molecular weight excluding hydrogens is 200 g/mol. The van der Waals surface area contributed by atoms with Crippen LogP contribution in [0.3, 0.4) is 0 Å². The molecular formula is C9H16N2O4. The molecule has 0 bridgehead atoms.